The number of hydrogen-bond acceptors (Lipinski definition) is 5. The molecular formula is C18H15BrClN3O2S. The standard InChI is InChI=1S/C18H15BrClN3O2S/c1-11-8-14(6-7-15(11)19)25-10-16(24)21-18-23-22-17(26-18)9-12-2-4-13(20)5-3-12/h2-8H,9-10H2,1H3,(H,21,23,24). The van der Waals surface area contributed by atoms with Crippen molar-refractivity contribution < 1.29 is 9.53 Å². The number of rotatable bonds is 6. The van der Waals surface area contributed by atoms with Crippen molar-refractivity contribution >= 4 is 49.9 Å². The van der Waals surface area contributed by atoms with E-state index in [0.29, 0.717) is 22.3 Å². The minimum absolute atomic E-state index is 0.0901. The molecule has 0 spiro atoms. The zero-order chi connectivity index (χ0) is 18.5. The van der Waals surface area contributed by atoms with Gasteiger partial charge in [-0.2, -0.15) is 0 Å². The number of anilines is 1. The van der Waals surface area contributed by atoms with E-state index in [4.69, 9.17) is 16.3 Å². The first-order chi connectivity index (χ1) is 12.5. The second kappa shape index (κ2) is 8.62. The summed E-state index contributed by atoms with van der Waals surface area (Å²) < 4.78 is 6.50. The van der Waals surface area contributed by atoms with Gasteiger partial charge in [-0.15, -0.1) is 10.2 Å². The van der Waals surface area contributed by atoms with Gasteiger partial charge in [0.05, 0.1) is 0 Å². The Kier molecular flexibility index (Phi) is 6.24. The number of nitrogens with one attached hydrogen (secondary N) is 1. The van der Waals surface area contributed by atoms with Crippen molar-refractivity contribution in [3.05, 3.63) is 68.1 Å². The fourth-order valence-electron chi connectivity index (χ4n) is 2.16. The van der Waals surface area contributed by atoms with Gasteiger partial charge >= 0.3 is 0 Å². The van der Waals surface area contributed by atoms with E-state index in [-0.39, 0.29) is 12.5 Å². The summed E-state index contributed by atoms with van der Waals surface area (Å²) in [5, 5.41) is 12.8. The summed E-state index contributed by atoms with van der Waals surface area (Å²) in [7, 11) is 0. The summed E-state index contributed by atoms with van der Waals surface area (Å²) in [6.45, 7) is 1.87. The van der Waals surface area contributed by atoms with E-state index in [1.807, 2.05) is 43.3 Å². The molecule has 0 aliphatic rings. The maximum absolute atomic E-state index is 12.0. The topological polar surface area (TPSA) is 64.1 Å². The molecule has 5 nitrogen and oxygen atoms in total. The largest absolute Gasteiger partial charge is 0.484 e. The van der Waals surface area contributed by atoms with Gasteiger partial charge in [0.1, 0.15) is 10.8 Å². The first kappa shape index (κ1) is 18.8. The van der Waals surface area contributed by atoms with Crippen molar-refractivity contribution in [2.75, 3.05) is 11.9 Å². The summed E-state index contributed by atoms with van der Waals surface area (Å²) in [5.74, 6) is 0.362. The number of carbonyl (C=O) groups excluding carboxylic acids is 1. The van der Waals surface area contributed by atoms with Crippen molar-refractivity contribution in [1.82, 2.24) is 10.2 Å². The van der Waals surface area contributed by atoms with Gasteiger partial charge in [-0.05, 0) is 48.4 Å². The molecule has 1 aromatic heterocycles. The van der Waals surface area contributed by atoms with Crippen LogP contribution >= 0.6 is 38.9 Å². The van der Waals surface area contributed by atoms with Crippen molar-refractivity contribution in [2.24, 2.45) is 0 Å². The second-order valence-corrected chi connectivity index (χ2v) is 7.90. The average Bonchev–Trinajstić information content (AvgIpc) is 3.05. The highest BCUT2D eigenvalue weighted by Crippen LogP contribution is 2.22. The van der Waals surface area contributed by atoms with Crippen molar-refractivity contribution in [3.63, 3.8) is 0 Å². The van der Waals surface area contributed by atoms with Crippen LogP contribution in [0.1, 0.15) is 16.1 Å². The molecular weight excluding hydrogens is 438 g/mol. The lowest BCUT2D eigenvalue weighted by atomic mass is 10.2. The highest BCUT2D eigenvalue weighted by atomic mass is 79.9. The van der Waals surface area contributed by atoms with Crippen LogP contribution in [0.25, 0.3) is 0 Å². The fourth-order valence-corrected chi connectivity index (χ4v) is 3.33. The van der Waals surface area contributed by atoms with Gasteiger partial charge in [-0.25, -0.2) is 0 Å². The van der Waals surface area contributed by atoms with Crippen LogP contribution in [-0.4, -0.2) is 22.7 Å². The van der Waals surface area contributed by atoms with E-state index in [2.05, 4.69) is 31.4 Å². The molecule has 3 aromatic rings. The lowest BCUT2D eigenvalue weighted by Crippen LogP contribution is -2.20. The zero-order valence-corrected chi connectivity index (χ0v) is 17.0. The lowest BCUT2D eigenvalue weighted by Gasteiger charge is -2.07. The quantitative estimate of drug-likeness (QED) is 0.579. The minimum atomic E-state index is -0.278. The van der Waals surface area contributed by atoms with Crippen LogP contribution in [0.5, 0.6) is 5.75 Å². The highest BCUT2D eigenvalue weighted by Gasteiger charge is 2.10. The molecule has 0 fully saturated rings. The molecule has 0 aliphatic heterocycles. The molecule has 8 heteroatoms. The Morgan fingerprint density at radius 1 is 1.23 bits per heavy atom. The summed E-state index contributed by atoms with van der Waals surface area (Å²) >= 11 is 10.6. The molecule has 0 radical (unpaired) electrons. The van der Waals surface area contributed by atoms with Crippen LogP contribution in [0, 0.1) is 6.92 Å². The third-order valence-corrected chi connectivity index (χ3v) is 5.46. The monoisotopic (exact) mass is 451 g/mol. The van der Waals surface area contributed by atoms with Gasteiger partial charge in [0.15, 0.2) is 6.61 Å². The highest BCUT2D eigenvalue weighted by molar-refractivity contribution is 9.10. The summed E-state index contributed by atoms with van der Waals surface area (Å²) in [6.07, 6.45) is 0.638. The molecule has 3 rings (SSSR count). The Balaban J connectivity index is 1.52. The SMILES string of the molecule is Cc1cc(OCC(=O)Nc2nnc(Cc3ccc(Cl)cc3)s2)ccc1Br. The average molecular weight is 453 g/mol. The fraction of sp³-hybridized carbons (Fsp3) is 0.167. The number of benzene rings is 2. The zero-order valence-electron chi connectivity index (χ0n) is 13.8. The minimum Gasteiger partial charge on any atom is -0.484 e. The van der Waals surface area contributed by atoms with Crippen LogP contribution in [0.4, 0.5) is 5.13 Å². The van der Waals surface area contributed by atoms with E-state index >= 15 is 0 Å². The number of hydrogen-bond donors (Lipinski definition) is 1. The second-order valence-electron chi connectivity index (χ2n) is 5.55. The molecule has 134 valence electrons. The molecule has 1 heterocycles. The third kappa shape index (κ3) is 5.27. The first-order valence-electron chi connectivity index (χ1n) is 7.75. The predicted molar refractivity (Wildman–Crippen MR) is 107 cm³/mol. The molecule has 26 heavy (non-hydrogen) atoms. The Bertz CT molecular complexity index is 915. The van der Waals surface area contributed by atoms with Gasteiger partial charge in [-0.1, -0.05) is 51.0 Å². The van der Waals surface area contributed by atoms with Gasteiger partial charge in [-0.3, -0.25) is 10.1 Å². The Hall–Kier alpha value is -1.96. The maximum atomic E-state index is 12.0. The van der Waals surface area contributed by atoms with Crippen LogP contribution < -0.4 is 10.1 Å². The van der Waals surface area contributed by atoms with E-state index < -0.39 is 0 Å². The summed E-state index contributed by atoms with van der Waals surface area (Å²) in [6, 6.07) is 13.1. The molecule has 0 atom stereocenters. The smallest absolute Gasteiger partial charge is 0.264 e. The number of carbonyl (C=O) groups is 1. The van der Waals surface area contributed by atoms with Crippen molar-refractivity contribution in [1.29, 1.82) is 0 Å². The van der Waals surface area contributed by atoms with Gasteiger partial charge in [0.2, 0.25) is 5.13 Å². The number of nitrogens with zero attached hydrogens (tertiary/aromatic N) is 2. The summed E-state index contributed by atoms with van der Waals surface area (Å²) in [5.41, 5.74) is 2.12. The van der Waals surface area contributed by atoms with E-state index in [0.717, 1.165) is 20.6 Å². The molecule has 1 amide bonds. The third-order valence-electron chi connectivity index (χ3n) is 3.48. The maximum Gasteiger partial charge on any atom is 0.264 e. The number of aromatic nitrogens is 2. The van der Waals surface area contributed by atoms with Crippen LogP contribution in [0.15, 0.2) is 46.9 Å². The van der Waals surface area contributed by atoms with E-state index in [1.165, 1.54) is 11.3 Å². The van der Waals surface area contributed by atoms with Crippen molar-refractivity contribution in [3.8, 4) is 5.75 Å². The molecule has 1 N–H and O–H groups in total. The number of halogens is 2. The Labute approximate surface area is 168 Å². The molecule has 2 aromatic carbocycles. The summed E-state index contributed by atoms with van der Waals surface area (Å²) in [4.78, 5) is 12.0. The van der Waals surface area contributed by atoms with Gasteiger partial charge in [0, 0.05) is 15.9 Å². The number of amides is 1. The van der Waals surface area contributed by atoms with Crippen molar-refractivity contribution in [2.45, 2.75) is 13.3 Å². The van der Waals surface area contributed by atoms with E-state index in [9.17, 15) is 4.79 Å². The molecule has 0 unspecified atom stereocenters. The van der Waals surface area contributed by atoms with Crippen LogP contribution in [0.3, 0.4) is 0 Å². The molecule has 0 bridgehead atoms. The molecule has 0 saturated carbocycles. The molecule has 0 saturated heterocycles. The normalized spacial score (nSPS) is 10.6. The Morgan fingerprint density at radius 3 is 2.73 bits per heavy atom. The van der Waals surface area contributed by atoms with Crippen LogP contribution in [-0.2, 0) is 11.2 Å². The van der Waals surface area contributed by atoms with Crippen LogP contribution in [0.2, 0.25) is 5.02 Å². The lowest BCUT2D eigenvalue weighted by molar-refractivity contribution is -0.118. The van der Waals surface area contributed by atoms with Gasteiger partial charge < -0.3 is 4.74 Å². The Morgan fingerprint density at radius 2 is 2.00 bits per heavy atom. The predicted octanol–water partition coefficient (Wildman–Crippen LogP) is 4.87. The number of aryl methyl sites for hydroxylation is 1. The van der Waals surface area contributed by atoms with Gasteiger partial charge in [0.25, 0.3) is 5.91 Å². The first-order valence-corrected chi connectivity index (χ1v) is 9.74. The van der Waals surface area contributed by atoms with E-state index in [1.54, 1.807) is 6.07 Å². The molecule has 0 aliphatic carbocycles. The number of ether oxygens (including phenoxy) is 1.